The van der Waals surface area contributed by atoms with Gasteiger partial charge in [0.1, 0.15) is 0 Å². The van der Waals surface area contributed by atoms with Crippen LogP contribution >= 0.6 is 0 Å². The van der Waals surface area contributed by atoms with Gasteiger partial charge in [0.2, 0.25) is 10.0 Å². The van der Waals surface area contributed by atoms with Crippen LogP contribution in [0.2, 0.25) is 0 Å². The van der Waals surface area contributed by atoms with E-state index in [9.17, 15) is 8.42 Å². The lowest BCUT2D eigenvalue weighted by Crippen LogP contribution is -2.43. The van der Waals surface area contributed by atoms with E-state index in [4.69, 9.17) is 5.26 Å². The Kier molecular flexibility index (Phi) is 4.74. The molecule has 5 heteroatoms. The lowest BCUT2D eigenvalue weighted by Gasteiger charge is -2.36. The molecule has 4 nitrogen and oxygen atoms in total. The van der Waals surface area contributed by atoms with Gasteiger partial charge >= 0.3 is 0 Å². The highest BCUT2D eigenvalue weighted by molar-refractivity contribution is 7.89. The minimum atomic E-state index is -3.46. The topological polar surface area (TPSA) is 61.2 Å². The first-order chi connectivity index (χ1) is 11.1. The van der Waals surface area contributed by atoms with Crippen LogP contribution in [0.25, 0.3) is 0 Å². The molecule has 3 rings (SSSR count). The van der Waals surface area contributed by atoms with Crippen molar-refractivity contribution in [1.82, 2.24) is 4.31 Å². The second-order valence-corrected chi connectivity index (χ2v) is 8.63. The van der Waals surface area contributed by atoms with Gasteiger partial charge in [0, 0.05) is 12.1 Å². The van der Waals surface area contributed by atoms with Crippen LogP contribution in [0.5, 0.6) is 0 Å². The molecule has 0 radical (unpaired) electrons. The van der Waals surface area contributed by atoms with Crippen molar-refractivity contribution in [2.45, 2.75) is 68.8 Å². The van der Waals surface area contributed by atoms with Crippen molar-refractivity contribution in [1.29, 1.82) is 5.26 Å². The van der Waals surface area contributed by atoms with Gasteiger partial charge in [-0.05, 0) is 68.7 Å². The maximum Gasteiger partial charge on any atom is 0.243 e. The van der Waals surface area contributed by atoms with Gasteiger partial charge in [-0.25, -0.2) is 8.42 Å². The van der Waals surface area contributed by atoms with Crippen LogP contribution in [0.4, 0.5) is 0 Å². The van der Waals surface area contributed by atoms with Crippen LogP contribution in [0, 0.1) is 17.2 Å². The third kappa shape index (κ3) is 3.44. The van der Waals surface area contributed by atoms with E-state index in [0.717, 1.165) is 44.4 Å². The molecule has 0 aromatic heterocycles. The minimum Gasteiger partial charge on any atom is -0.207 e. The molecule has 0 N–H and O–H groups in total. The lowest BCUT2D eigenvalue weighted by molar-refractivity contribution is 0.206. The van der Waals surface area contributed by atoms with E-state index in [1.807, 2.05) is 6.07 Å². The van der Waals surface area contributed by atoms with E-state index >= 15 is 0 Å². The van der Waals surface area contributed by atoms with E-state index in [0.29, 0.717) is 10.5 Å². The number of hydrogen-bond donors (Lipinski definition) is 0. The number of rotatable bonds is 5. The summed E-state index contributed by atoms with van der Waals surface area (Å²) < 4.78 is 28.0. The van der Waals surface area contributed by atoms with Crippen molar-refractivity contribution in [2.75, 3.05) is 0 Å². The second-order valence-electron chi connectivity index (χ2n) is 6.79. The molecule has 2 fully saturated rings. The third-order valence-corrected chi connectivity index (χ3v) is 7.24. The average Bonchev–Trinajstić information content (AvgIpc) is 3.40. The van der Waals surface area contributed by atoms with Crippen molar-refractivity contribution < 1.29 is 8.42 Å². The number of hydrogen-bond acceptors (Lipinski definition) is 3. The van der Waals surface area contributed by atoms with Crippen molar-refractivity contribution in [3.8, 4) is 6.07 Å². The fraction of sp³-hybridized carbons (Fsp3) is 0.611. The predicted molar refractivity (Wildman–Crippen MR) is 89.2 cm³/mol. The fourth-order valence-corrected chi connectivity index (χ4v) is 5.58. The van der Waals surface area contributed by atoms with Crippen LogP contribution in [-0.4, -0.2) is 24.8 Å². The van der Waals surface area contributed by atoms with Gasteiger partial charge in [-0.1, -0.05) is 13.3 Å². The van der Waals surface area contributed by atoms with E-state index in [1.54, 1.807) is 28.6 Å². The Balaban J connectivity index is 1.83. The Morgan fingerprint density at radius 1 is 1.04 bits per heavy atom. The largest absolute Gasteiger partial charge is 0.243 e. The summed E-state index contributed by atoms with van der Waals surface area (Å²) in [7, 11) is -3.46. The SMILES string of the molecule is CCC1CCC(N(C2CC2)S(=O)(=O)c2ccc(C#N)cc2)CC1. The fourth-order valence-electron chi connectivity index (χ4n) is 3.65. The zero-order valence-corrected chi connectivity index (χ0v) is 14.4. The van der Waals surface area contributed by atoms with Crippen LogP contribution in [0.3, 0.4) is 0 Å². The van der Waals surface area contributed by atoms with Crippen molar-refractivity contribution in [3.63, 3.8) is 0 Å². The quantitative estimate of drug-likeness (QED) is 0.826. The van der Waals surface area contributed by atoms with E-state index < -0.39 is 10.0 Å². The zero-order valence-electron chi connectivity index (χ0n) is 13.6. The molecule has 0 aliphatic heterocycles. The first-order valence-corrected chi connectivity index (χ1v) is 10.0. The molecule has 2 aliphatic carbocycles. The molecule has 23 heavy (non-hydrogen) atoms. The maximum atomic E-state index is 13.1. The van der Waals surface area contributed by atoms with Crippen molar-refractivity contribution >= 4 is 10.0 Å². The van der Waals surface area contributed by atoms with Gasteiger partial charge in [0.05, 0.1) is 16.5 Å². The molecular formula is C18H24N2O2S. The predicted octanol–water partition coefficient (Wildman–Crippen LogP) is 3.68. The highest BCUT2D eigenvalue weighted by Gasteiger charge is 2.43. The van der Waals surface area contributed by atoms with Gasteiger partial charge in [-0.15, -0.1) is 0 Å². The van der Waals surface area contributed by atoms with Crippen LogP contribution in [0.1, 0.15) is 57.4 Å². The molecule has 0 amide bonds. The van der Waals surface area contributed by atoms with Gasteiger partial charge in [0.25, 0.3) is 0 Å². The van der Waals surface area contributed by atoms with Crippen LogP contribution in [-0.2, 0) is 10.0 Å². The van der Waals surface area contributed by atoms with Crippen molar-refractivity contribution in [2.24, 2.45) is 5.92 Å². The summed E-state index contributed by atoms with van der Waals surface area (Å²) in [6.45, 7) is 2.22. The van der Waals surface area contributed by atoms with E-state index in [-0.39, 0.29) is 12.1 Å². The first kappa shape index (κ1) is 16.5. The molecule has 2 saturated carbocycles. The van der Waals surface area contributed by atoms with Gasteiger partial charge in [-0.3, -0.25) is 0 Å². The molecule has 0 spiro atoms. The second kappa shape index (κ2) is 6.62. The lowest BCUT2D eigenvalue weighted by atomic mass is 9.84. The van der Waals surface area contributed by atoms with Crippen LogP contribution in [0.15, 0.2) is 29.2 Å². The van der Waals surface area contributed by atoms with Crippen molar-refractivity contribution in [3.05, 3.63) is 29.8 Å². The minimum absolute atomic E-state index is 0.144. The monoisotopic (exact) mass is 332 g/mol. The molecule has 1 aromatic rings. The van der Waals surface area contributed by atoms with Gasteiger partial charge < -0.3 is 0 Å². The Bertz CT molecular complexity index is 679. The van der Waals surface area contributed by atoms with Gasteiger partial charge in [-0.2, -0.15) is 9.57 Å². The standard InChI is InChI=1S/C18H24N2O2S/c1-2-14-3-7-16(8-4-14)20(17-9-10-17)23(21,22)18-11-5-15(13-19)6-12-18/h5-6,11-12,14,16-17H,2-4,7-10H2,1H3. The summed E-state index contributed by atoms with van der Waals surface area (Å²) in [6.07, 6.45) is 7.36. The Morgan fingerprint density at radius 3 is 2.00 bits per heavy atom. The van der Waals surface area contributed by atoms with Gasteiger partial charge in [0.15, 0.2) is 0 Å². The zero-order chi connectivity index (χ0) is 16.4. The first-order valence-electron chi connectivity index (χ1n) is 8.60. The summed E-state index contributed by atoms with van der Waals surface area (Å²) in [6, 6.07) is 8.68. The molecule has 1 aromatic carbocycles. The van der Waals surface area contributed by atoms with E-state index in [1.165, 1.54) is 6.42 Å². The Morgan fingerprint density at radius 2 is 1.57 bits per heavy atom. The summed E-state index contributed by atoms with van der Waals surface area (Å²) >= 11 is 0. The summed E-state index contributed by atoms with van der Waals surface area (Å²) in [4.78, 5) is 0.320. The molecule has 124 valence electrons. The molecule has 0 saturated heterocycles. The van der Waals surface area contributed by atoms with E-state index in [2.05, 4.69) is 6.92 Å². The number of benzene rings is 1. The molecule has 0 bridgehead atoms. The maximum absolute atomic E-state index is 13.1. The molecule has 2 aliphatic rings. The average molecular weight is 332 g/mol. The number of sulfonamides is 1. The smallest absolute Gasteiger partial charge is 0.207 e. The molecule has 0 unspecified atom stereocenters. The number of nitriles is 1. The summed E-state index contributed by atoms with van der Waals surface area (Å²) in [5, 5.41) is 8.88. The Labute approximate surface area is 139 Å². The summed E-state index contributed by atoms with van der Waals surface area (Å²) in [5.41, 5.74) is 0.491. The normalized spacial score (nSPS) is 25.3. The van der Waals surface area contributed by atoms with Crippen LogP contribution < -0.4 is 0 Å². The third-order valence-electron chi connectivity index (χ3n) is 5.22. The number of nitrogens with zero attached hydrogens (tertiary/aromatic N) is 2. The highest BCUT2D eigenvalue weighted by Crippen LogP contribution is 2.39. The Hall–Kier alpha value is -1.38. The molecule has 0 heterocycles. The molecule has 0 atom stereocenters. The summed E-state index contributed by atoms with van der Waals surface area (Å²) in [5.74, 6) is 0.755. The molecular weight excluding hydrogens is 308 g/mol. The highest BCUT2D eigenvalue weighted by atomic mass is 32.2.